The van der Waals surface area contributed by atoms with Gasteiger partial charge in [-0.25, -0.2) is 0 Å². The molecule has 19 heavy (non-hydrogen) atoms. The van der Waals surface area contributed by atoms with Gasteiger partial charge >= 0.3 is 5.97 Å². The van der Waals surface area contributed by atoms with Crippen LogP contribution in [0.3, 0.4) is 0 Å². The van der Waals surface area contributed by atoms with Crippen LogP contribution in [-0.2, 0) is 16.1 Å². The van der Waals surface area contributed by atoms with Crippen molar-refractivity contribution in [2.24, 2.45) is 0 Å². The number of aldehydes is 1. The first-order valence-electron chi connectivity index (χ1n) is 5.94. The van der Waals surface area contributed by atoms with Crippen molar-refractivity contribution >= 4 is 34.8 Å². The molecule has 0 aliphatic carbocycles. The van der Waals surface area contributed by atoms with E-state index in [2.05, 4.69) is 0 Å². The van der Waals surface area contributed by atoms with Gasteiger partial charge in [0, 0.05) is 22.2 Å². The summed E-state index contributed by atoms with van der Waals surface area (Å²) in [6, 6.07) is 5.21. The molecule has 0 unspecified atom stereocenters. The molecule has 0 saturated heterocycles. The van der Waals surface area contributed by atoms with E-state index >= 15 is 0 Å². The number of benzene rings is 1. The first-order chi connectivity index (χ1) is 9.01. The number of ether oxygens (including phenoxy) is 1. The Labute approximate surface area is 115 Å². The molecule has 0 aliphatic rings. The maximum atomic E-state index is 11.7. The van der Waals surface area contributed by atoms with Gasteiger partial charge in [-0.15, -0.1) is 0 Å². The Hall–Kier alpha value is -1.81. The van der Waals surface area contributed by atoms with Crippen LogP contribution in [0.15, 0.2) is 24.4 Å². The Morgan fingerprint density at radius 2 is 2.21 bits per heavy atom. The van der Waals surface area contributed by atoms with Crippen LogP contribution in [0.25, 0.3) is 10.9 Å². The summed E-state index contributed by atoms with van der Waals surface area (Å²) >= 11 is 5.95. The zero-order chi connectivity index (χ0) is 14.0. The lowest BCUT2D eigenvalue weighted by molar-refractivity contribution is -0.148. The summed E-state index contributed by atoms with van der Waals surface area (Å²) in [5.41, 5.74) is 1.28. The molecule has 5 heteroatoms. The van der Waals surface area contributed by atoms with Crippen LogP contribution < -0.4 is 0 Å². The third-order valence-electron chi connectivity index (χ3n) is 2.67. The van der Waals surface area contributed by atoms with Crippen molar-refractivity contribution in [2.75, 3.05) is 0 Å². The fraction of sp³-hybridized carbons (Fsp3) is 0.286. The lowest BCUT2D eigenvalue weighted by Crippen LogP contribution is -2.17. The Morgan fingerprint density at radius 3 is 2.84 bits per heavy atom. The number of carbonyl (C=O) groups excluding carboxylic acids is 2. The lowest BCUT2D eigenvalue weighted by atomic mass is 10.2. The average molecular weight is 280 g/mol. The molecule has 0 saturated carbocycles. The number of carbonyl (C=O) groups is 2. The van der Waals surface area contributed by atoms with Gasteiger partial charge in [0.25, 0.3) is 0 Å². The van der Waals surface area contributed by atoms with Crippen molar-refractivity contribution in [2.45, 2.75) is 26.5 Å². The zero-order valence-electron chi connectivity index (χ0n) is 10.7. The number of fused-ring (bicyclic) bond motifs is 1. The molecule has 0 N–H and O–H groups in total. The van der Waals surface area contributed by atoms with Gasteiger partial charge in [-0.1, -0.05) is 17.7 Å². The van der Waals surface area contributed by atoms with Gasteiger partial charge in [0.1, 0.15) is 6.54 Å². The highest BCUT2D eigenvalue weighted by Crippen LogP contribution is 2.24. The third kappa shape index (κ3) is 2.96. The molecule has 0 atom stereocenters. The highest BCUT2D eigenvalue weighted by Gasteiger charge is 2.12. The monoisotopic (exact) mass is 279 g/mol. The summed E-state index contributed by atoms with van der Waals surface area (Å²) in [4.78, 5) is 22.7. The minimum Gasteiger partial charge on any atom is -0.462 e. The molecule has 100 valence electrons. The van der Waals surface area contributed by atoms with Crippen molar-refractivity contribution in [3.63, 3.8) is 0 Å². The fourth-order valence-corrected chi connectivity index (χ4v) is 2.12. The fourth-order valence-electron chi connectivity index (χ4n) is 1.96. The number of esters is 1. The summed E-state index contributed by atoms with van der Waals surface area (Å²) < 4.78 is 6.77. The number of halogens is 1. The molecule has 1 heterocycles. The summed E-state index contributed by atoms with van der Waals surface area (Å²) in [5, 5.41) is 1.33. The van der Waals surface area contributed by atoms with E-state index in [4.69, 9.17) is 16.3 Å². The van der Waals surface area contributed by atoms with Gasteiger partial charge in [0.2, 0.25) is 0 Å². The second-order valence-corrected chi connectivity index (χ2v) is 4.97. The van der Waals surface area contributed by atoms with Crippen LogP contribution in [-0.4, -0.2) is 22.9 Å². The predicted octanol–water partition coefficient (Wildman–Crippen LogP) is 3.06. The van der Waals surface area contributed by atoms with Crippen LogP contribution >= 0.6 is 11.6 Å². The van der Waals surface area contributed by atoms with E-state index in [0.717, 1.165) is 17.2 Å². The van der Waals surface area contributed by atoms with Crippen molar-refractivity contribution in [1.82, 2.24) is 4.57 Å². The Kier molecular flexibility index (Phi) is 3.90. The molecule has 1 aromatic carbocycles. The Bertz CT molecular complexity index is 631. The van der Waals surface area contributed by atoms with E-state index < -0.39 is 0 Å². The van der Waals surface area contributed by atoms with Crippen LogP contribution in [0, 0.1) is 0 Å². The lowest BCUT2D eigenvalue weighted by Gasteiger charge is -2.09. The van der Waals surface area contributed by atoms with Crippen molar-refractivity contribution in [1.29, 1.82) is 0 Å². The van der Waals surface area contributed by atoms with Crippen molar-refractivity contribution < 1.29 is 14.3 Å². The number of aromatic nitrogens is 1. The van der Waals surface area contributed by atoms with E-state index in [1.54, 1.807) is 42.8 Å². The first-order valence-corrected chi connectivity index (χ1v) is 6.32. The number of hydrogen-bond donors (Lipinski definition) is 0. The summed E-state index contributed by atoms with van der Waals surface area (Å²) in [5.74, 6) is -0.343. The molecule has 0 spiro atoms. The number of hydrogen-bond acceptors (Lipinski definition) is 3. The molecule has 4 nitrogen and oxygen atoms in total. The van der Waals surface area contributed by atoms with Crippen LogP contribution in [0.2, 0.25) is 5.02 Å². The van der Waals surface area contributed by atoms with E-state index in [1.165, 1.54) is 0 Å². The van der Waals surface area contributed by atoms with Gasteiger partial charge in [-0.05, 0) is 26.0 Å². The van der Waals surface area contributed by atoms with E-state index in [9.17, 15) is 9.59 Å². The van der Waals surface area contributed by atoms with E-state index in [-0.39, 0.29) is 18.6 Å². The molecule has 1 aromatic heterocycles. The minimum atomic E-state index is -0.343. The molecular formula is C14H14ClNO3. The zero-order valence-corrected chi connectivity index (χ0v) is 11.5. The molecular weight excluding hydrogens is 266 g/mol. The molecule has 0 radical (unpaired) electrons. The van der Waals surface area contributed by atoms with Crippen LogP contribution in [0.4, 0.5) is 0 Å². The van der Waals surface area contributed by atoms with Gasteiger partial charge in [-0.2, -0.15) is 0 Å². The van der Waals surface area contributed by atoms with E-state index in [1.807, 2.05) is 0 Å². The normalized spacial score (nSPS) is 10.9. The molecule has 2 aromatic rings. The maximum absolute atomic E-state index is 11.7. The average Bonchev–Trinajstić information content (AvgIpc) is 2.65. The quantitative estimate of drug-likeness (QED) is 0.638. The standard InChI is InChI=1S/C14H14ClNO3/c1-9(2)19-14(18)7-16-6-10(8-17)12-4-3-11(15)5-13(12)16/h3-6,8-9H,7H2,1-2H3. The molecule has 0 amide bonds. The van der Waals surface area contributed by atoms with Gasteiger partial charge in [0.15, 0.2) is 6.29 Å². The second kappa shape index (κ2) is 5.45. The van der Waals surface area contributed by atoms with Gasteiger partial charge in [-0.3, -0.25) is 9.59 Å². The summed E-state index contributed by atoms with van der Waals surface area (Å²) in [7, 11) is 0. The second-order valence-electron chi connectivity index (χ2n) is 4.53. The first kappa shape index (κ1) is 13.6. The highest BCUT2D eigenvalue weighted by molar-refractivity contribution is 6.31. The SMILES string of the molecule is CC(C)OC(=O)Cn1cc(C=O)c2ccc(Cl)cc21. The van der Waals surface area contributed by atoms with Gasteiger partial charge < -0.3 is 9.30 Å². The van der Waals surface area contributed by atoms with Crippen LogP contribution in [0.5, 0.6) is 0 Å². The van der Waals surface area contributed by atoms with Gasteiger partial charge in [0.05, 0.1) is 11.6 Å². The maximum Gasteiger partial charge on any atom is 0.326 e. The highest BCUT2D eigenvalue weighted by atomic mass is 35.5. The Morgan fingerprint density at radius 1 is 1.47 bits per heavy atom. The number of nitrogens with zero attached hydrogens (tertiary/aromatic N) is 1. The van der Waals surface area contributed by atoms with Crippen molar-refractivity contribution in [3.8, 4) is 0 Å². The largest absolute Gasteiger partial charge is 0.462 e. The minimum absolute atomic E-state index is 0.0584. The summed E-state index contributed by atoms with van der Waals surface area (Å²) in [6.45, 7) is 3.64. The van der Waals surface area contributed by atoms with Crippen molar-refractivity contribution in [3.05, 3.63) is 35.0 Å². The Balaban J connectivity index is 2.40. The van der Waals surface area contributed by atoms with Crippen LogP contribution in [0.1, 0.15) is 24.2 Å². The smallest absolute Gasteiger partial charge is 0.326 e. The van der Waals surface area contributed by atoms with E-state index in [0.29, 0.717) is 10.6 Å². The third-order valence-corrected chi connectivity index (χ3v) is 2.90. The topological polar surface area (TPSA) is 48.3 Å². The molecule has 2 rings (SSSR count). The predicted molar refractivity (Wildman–Crippen MR) is 73.6 cm³/mol. The molecule has 0 aliphatic heterocycles. The summed E-state index contributed by atoms with van der Waals surface area (Å²) in [6.07, 6.45) is 2.24. The molecule has 0 fully saturated rings. The molecule has 0 bridgehead atoms. The number of rotatable bonds is 4.